The molecule has 0 spiro atoms. The number of carbonyl (C=O) groups excluding carboxylic acids is 1. The predicted octanol–water partition coefficient (Wildman–Crippen LogP) is 1.39. The van der Waals surface area contributed by atoms with E-state index in [0.717, 1.165) is 39.0 Å². The van der Waals surface area contributed by atoms with E-state index in [9.17, 15) is 9.90 Å². The monoisotopic (exact) mass is 339 g/mol. The summed E-state index contributed by atoms with van der Waals surface area (Å²) >= 11 is 1.67. The van der Waals surface area contributed by atoms with Crippen LogP contribution in [0.3, 0.4) is 0 Å². The Morgan fingerprint density at radius 2 is 2.26 bits per heavy atom. The van der Waals surface area contributed by atoms with Crippen molar-refractivity contribution in [1.82, 2.24) is 15.1 Å². The fourth-order valence-corrected chi connectivity index (χ4v) is 3.78. The van der Waals surface area contributed by atoms with Gasteiger partial charge in [0.05, 0.1) is 19.2 Å². The van der Waals surface area contributed by atoms with Crippen LogP contribution < -0.4 is 5.32 Å². The maximum absolute atomic E-state index is 12.0. The Balaban J connectivity index is 1.61. The number of thiophene rings is 1. The van der Waals surface area contributed by atoms with E-state index >= 15 is 0 Å². The molecule has 1 aliphatic heterocycles. The third-order valence-corrected chi connectivity index (χ3v) is 5.13. The quantitative estimate of drug-likeness (QED) is 0.751. The minimum atomic E-state index is -0.249. The molecule has 0 unspecified atom stereocenters. The van der Waals surface area contributed by atoms with E-state index < -0.39 is 0 Å². The normalized spacial score (nSPS) is 18.3. The van der Waals surface area contributed by atoms with Crippen molar-refractivity contribution in [2.24, 2.45) is 5.92 Å². The van der Waals surface area contributed by atoms with E-state index in [4.69, 9.17) is 0 Å². The van der Waals surface area contributed by atoms with Gasteiger partial charge in [-0.2, -0.15) is 0 Å². The van der Waals surface area contributed by atoms with Gasteiger partial charge in [0.1, 0.15) is 0 Å². The van der Waals surface area contributed by atoms with E-state index in [1.807, 2.05) is 31.5 Å². The van der Waals surface area contributed by atoms with Gasteiger partial charge in [0.15, 0.2) is 0 Å². The third-order valence-electron chi connectivity index (χ3n) is 4.25. The average Bonchev–Trinajstić information content (AvgIpc) is 3.00. The number of hydrogen-bond donors (Lipinski definition) is 2. The molecular formula is C17H29N3O2S. The molecule has 2 heterocycles. The van der Waals surface area contributed by atoms with E-state index in [1.54, 1.807) is 11.3 Å². The summed E-state index contributed by atoms with van der Waals surface area (Å²) in [5.41, 5.74) is 0. The highest BCUT2D eigenvalue weighted by molar-refractivity contribution is 7.09. The topological polar surface area (TPSA) is 55.8 Å². The van der Waals surface area contributed by atoms with Gasteiger partial charge in [-0.25, -0.2) is 0 Å². The number of likely N-dealkylation sites (N-methyl/N-ethyl adjacent to an activating group) is 1. The van der Waals surface area contributed by atoms with Crippen LogP contribution in [0.1, 0.15) is 24.6 Å². The van der Waals surface area contributed by atoms with Crippen LogP contribution in [0.5, 0.6) is 0 Å². The second-order valence-electron chi connectivity index (χ2n) is 6.65. The number of carbonyl (C=O) groups is 1. The van der Waals surface area contributed by atoms with Crippen LogP contribution in [0.25, 0.3) is 0 Å². The summed E-state index contributed by atoms with van der Waals surface area (Å²) in [6.45, 7) is 6.76. The zero-order chi connectivity index (χ0) is 16.7. The molecule has 1 saturated heterocycles. The molecule has 2 rings (SSSR count). The summed E-state index contributed by atoms with van der Waals surface area (Å²) in [5, 5.41) is 14.4. The molecule has 0 aromatic carbocycles. The summed E-state index contributed by atoms with van der Waals surface area (Å²) in [5.74, 6) is 0.739. The molecule has 1 aromatic rings. The van der Waals surface area contributed by atoms with Crippen LogP contribution in [-0.4, -0.2) is 66.7 Å². The molecule has 23 heavy (non-hydrogen) atoms. The number of likely N-dealkylation sites (tertiary alicyclic amines) is 1. The van der Waals surface area contributed by atoms with E-state index in [0.29, 0.717) is 19.0 Å². The largest absolute Gasteiger partial charge is 0.392 e. The number of amides is 1. The minimum absolute atomic E-state index is 0.0902. The zero-order valence-electron chi connectivity index (χ0n) is 14.2. The number of hydrogen-bond acceptors (Lipinski definition) is 5. The average molecular weight is 340 g/mol. The van der Waals surface area contributed by atoms with Crippen LogP contribution >= 0.6 is 11.3 Å². The Morgan fingerprint density at radius 1 is 1.52 bits per heavy atom. The fourth-order valence-electron chi connectivity index (χ4n) is 3.13. The molecule has 1 amide bonds. The van der Waals surface area contributed by atoms with Gasteiger partial charge < -0.3 is 15.3 Å². The molecule has 0 aliphatic carbocycles. The molecular weight excluding hydrogens is 310 g/mol. The number of rotatable bonds is 8. The first-order chi connectivity index (χ1) is 11.0. The lowest BCUT2D eigenvalue weighted by atomic mass is 9.96. The zero-order valence-corrected chi connectivity index (χ0v) is 15.0. The Hall–Kier alpha value is -0.950. The number of aliphatic hydroxyl groups is 1. The van der Waals surface area contributed by atoms with Crippen molar-refractivity contribution in [3.05, 3.63) is 22.4 Å². The Labute approximate surface area is 143 Å². The summed E-state index contributed by atoms with van der Waals surface area (Å²) in [6.07, 6.45) is 2.04. The number of piperidine rings is 1. The first-order valence-corrected chi connectivity index (χ1v) is 9.29. The number of β-amino-alcohol motifs (C(OH)–C–C–N with tert-alkyl or cyclic N) is 1. The lowest BCUT2D eigenvalue weighted by Crippen LogP contribution is -2.42. The molecule has 1 fully saturated rings. The first kappa shape index (κ1) is 18.4. The van der Waals surface area contributed by atoms with Gasteiger partial charge in [0, 0.05) is 18.0 Å². The number of aliphatic hydroxyl groups excluding tert-OH is 1. The molecule has 130 valence electrons. The highest BCUT2D eigenvalue weighted by atomic mass is 32.1. The number of nitrogens with zero attached hydrogens (tertiary/aromatic N) is 2. The van der Waals surface area contributed by atoms with Crippen molar-refractivity contribution < 1.29 is 9.90 Å². The van der Waals surface area contributed by atoms with Gasteiger partial charge in [0.25, 0.3) is 0 Å². The standard InChI is InChI=1S/C17H29N3O2S/c1-14(21)11-20-7-5-15(6-8-20)12-19(2)13-17(22)18-10-16-4-3-9-23-16/h3-4,9,14-15,21H,5-8,10-13H2,1-2H3,(H,18,22)/t14-/m1/s1. The lowest BCUT2D eigenvalue weighted by Gasteiger charge is -2.34. The van der Waals surface area contributed by atoms with Crippen molar-refractivity contribution in [3.8, 4) is 0 Å². The van der Waals surface area contributed by atoms with Crippen molar-refractivity contribution in [1.29, 1.82) is 0 Å². The molecule has 1 aromatic heterocycles. The Kier molecular flexibility index (Phi) is 7.49. The summed E-state index contributed by atoms with van der Waals surface area (Å²) in [4.78, 5) is 17.6. The maximum atomic E-state index is 12.0. The van der Waals surface area contributed by atoms with Crippen molar-refractivity contribution in [2.75, 3.05) is 39.8 Å². The van der Waals surface area contributed by atoms with Crippen LogP contribution in [-0.2, 0) is 11.3 Å². The van der Waals surface area contributed by atoms with Gasteiger partial charge >= 0.3 is 0 Å². The van der Waals surface area contributed by atoms with Gasteiger partial charge in [-0.3, -0.25) is 9.69 Å². The second-order valence-corrected chi connectivity index (χ2v) is 7.68. The molecule has 6 heteroatoms. The van der Waals surface area contributed by atoms with Crippen LogP contribution in [0.15, 0.2) is 17.5 Å². The van der Waals surface area contributed by atoms with Crippen molar-refractivity contribution in [2.45, 2.75) is 32.4 Å². The minimum Gasteiger partial charge on any atom is -0.392 e. The summed E-state index contributed by atoms with van der Waals surface area (Å²) < 4.78 is 0. The molecule has 2 N–H and O–H groups in total. The molecule has 5 nitrogen and oxygen atoms in total. The van der Waals surface area contributed by atoms with E-state index in [1.165, 1.54) is 4.88 Å². The van der Waals surface area contributed by atoms with Crippen molar-refractivity contribution in [3.63, 3.8) is 0 Å². The van der Waals surface area contributed by atoms with Crippen LogP contribution in [0.2, 0.25) is 0 Å². The smallest absolute Gasteiger partial charge is 0.234 e. The molecule has 1 atom stereocenters. The van der Waals surface area contributed by atoms with Crippen molar-refractivity contribution >= 4 is 17.2 Å². The number of nitrogens with one attached hydrogen (secondary N) is 1. The molecule has 1 aliphatic rings. The third kappa shape index (κ3) is 6.99. The highest BCUT2D eigenvalue weighted by Gasteiger charge is 2.21. The van der Waals surface area contributed by atoms with Crippen LogP contribution in [0.4, 0.5) is 0 Å². The van der Waals surface area contributed by atoms with Gasteiger partial charge in [-0.05, 0) is 57.3 Å². The van der Waals surface area contributed by atoms with E-state index in [-0.39, 0.29) is 12.0 Å². The Morgan fingerprint density at radius 3 is 2.87 bits per heavy atom. The maximum Gasteiger partial charge on any atom is 0.234 e. The predicted molar refractivity (Wildman–Crippen MR) is 94.5 cm³/mol. The van der Waals surface area contributed by atoms with E-state index in [2.05, 4.69) is 15.1 Å². The molecule has 0 saturated carbocycles. The summed E-state index contributed by atoms with van der Waals surface area (Å²) in [7, 11) is 2.02. The second kappa shape index (κ2) is 9.37. The van der Waals surface area contributed by atoms with Gasteiger partial charge in [-0.1, -0.05) is 6.07 Å². The summed E-state index contributed by atoms with van der Waals surface area (Å²) in [6, 6.07) is 4.04. The lowest BCUT2D eigenvalue weighted by molar-refractivity contribution is -0.122. The SMILES string of the molecule is C[C@@H](O)CN1CCC(CN(C)CC(=O)NCc2cccs2)CC1. The fraction of sp³-hybridized carbons (Fsp3) is 0.706. The highest BCUT2D eigenvalue weighted by Crippen LogP contribution is 2.18. The molecule has 0 radical (unpaired) electrons. The Bertz CT molecular complexity index is 456. The molecule has 0 bridgehead atoms. The first-order valence-electron chi connectivity index (χ1n) is 8.41. The van der Waals surface area contributed by atoms with Crippen LogP contribution in [0, 0.1) is 5.92 Å². The van der Waals surface area contributed by atoms with Gasteiger partial charge in [0.2, 0.25) is 5.91 Å². The van der Waals surface area contributed by atoms with Gasteiger partial charge in [-0.15, -0.1) is 11.3 Å².